The molecule has 2 N–H and O–H groups in total. The highest BCUT2D eigenvalue weighted by Crippen LogP contribution is 2.32. The number of pyridine rings is 1. The van der Waals surface area contributed by atoms with Crippen LogP contribution in [0.5, 0.6) is 0 Å². The van der Waals surface area contributed by atoms with Crippen LogP contribution in [0.3, 0.4) is 0 Å². The minimum atomic E-state index is -4.38. The summed E-state index contributed by atoms with van der Waals surface area (Å²) >= 11 is 1.48. The molecule has 3 rings (SSSR count). The summed E-state index contributed by atoms with van der Waals surface area (Å²) in [6, 6.07) is 5.81. The first-order chi connectivity index (χ1) is 9.50. The van der Waals surface area contributed by atoms with E-state index in [-0.39, 0.29) is 12.2 Å². The van der Waals surface area contributed by atoms with Crippen molar-refractivity contribution in [1.82, 2.24) is 9.38 Å². The Balaban J connectivity index is 2.23. The van der Waals surface area contributed by atoms with Crippen molar-refractivity contribution in [2.45, 2.75) is 12.7 Å². The lowest BCUT2D eigenvalue weighted by molar-refractivity contribution is -0.137. The van der Waals surface area contributed by atoms with E-state index in [4.69, 9.17) is 5.73 Å². The molecule has 0 aromatic carbocycles. The number of nitrogens with zero attached hydrogens (tertiary/aromatic N) is 2. The van der Waals surface area contributed by atoms with Crippen molar-refractivity contribution in [2.75, 3.05) is 0 Å². The van der Waals surface area contributed by atoms with E-state index in [1.165, 1.54) is 17.5 Å². The Bertz CT molecular complexity index is 744. The highest BCUT2D eigenvalue weighted by Gasteiger charge is 2.31. The fraction of sp³-hybridized carbons (Fsp3) is 0.154. The van der Waals surface area contributed by atoms with Gasteiger partial charge < -0.3 is 10.1 Å². The molecule has 3 aromatic rings. The molecule has 0 saturated heterocycles. The Morgan fingerprint density at radius 2 is 2.10 bits per heavy atom. The van der Waals surface area contributed by atoms with Gasteiger partial charge in [0.1, 0.15) is 11.3 Å². The molecule has 3 aromatic heterocycles. The van der Waals surface area contributed by atoms with Gasteiger partial charge in [-0.25, -0.2) is 4.98 Å². The van der Waals surface area contributed by atoms with Crippen LogP contribution in [0.1, 0.15) is 11.3 Å². The molecule has 3 heterocycles. The molecule has 0 aliphatic carbocycles. The molecule has 7 heteroatoms. The largest absolute Gasteiger partial charge is 0.416 e. The van der Waals surface area contributed by atoms with Crippen LogP contribution >= 0.6 is 11.3 Å². The number of rotatable bonds is 2. The first-order valence-corrected chi connectivity index (χ1v) is 6.71. The van der Waals surface area contributed by atoms with Crippen molar-refractivity contribution in [3.05, 3.63) is 47.1 Å². The topological polar surface area (TPSA) is 43.3 Å². The lowest BCUT2D eigenvalue weighted by Crippen LogP contribution is -2.07. The Morgan fingerprint density at radius 3 is 2.70 bits per heavy atom. The first kappa shape index (κ1) is 13.1. The van der Waals surface area contributed by atoms with Crippen molar-refractivity contribution >= 4 is 17.0 Å². The minimum Gasteiger partial charge on any atom is -0.325 e. The van der Waals surface area contributed by atoms with Gasteiger partial charge in [0.15, 0.2) is 0 Å². The summed E-state index contributed by atoms with van der Waals surface area (Å²) in [7, 11) is 0. The molecule has 104 valence electrons. The highest BCUT2D eigenvalue weighted by atomic mass is 32.1. The van der Waals surface area contributed by atoms with Crippen LogP contribution in [-0.4, -0.2) is 9.38 Å². The van der Waals surface area contributed by atoms with Gasteiger partial charge in [-0.05, 0) is 23.6 Å². The number of thiophene rings is 1. The van der Waals surface area contributed by atoms with E-state index in [1.807, 2.05) is 17.5 Å². The second kappa shape index (κ2) is 4.60. The van der Waals surface area contributed by atoms with E-state index in [2.05, 4.69) is 4.98 Å². The normalized spacial score (nSPS) is 12.2. The molecule has 0 aliphatic rings. The summed E-state index contributed by atoms with van der Waals surface area (Å²) in [5.74, 6) is 0. The van der Waals surface area contributed by atoms with Gasteiger partial charge in [-0.15, -0.1) is 11.3 Å². The van der Waals surface area contributed by atoms with Gasteiger partial charge in [0.05, 0.1) is 16.1 Å². The van der Waals surface area contributed by atoms with Crippen LogP contribution in [0, 0.1) is 0 Å². The van der Waals surface area contributed by atoms with Gasteiger partial charge in [0, 0.05) is 12.7 Å². The molecule has 0 aliphatic heterocycles. The van der Waals surface area contributed by atoms with Gasteiger partial charge in [0.2, 0.25) is 0 Å². The molecule has 0 fully saturated rings. The van der Waals surface area contributed by atoms with Crippen LogP contribution in [-0.2, 0) is 12.7 Å². The Labute approximate surface area is 116 Å². The number of alkyl halides is 3. The Hall–Kier alpha value is -1.86. The van der Waals surface area contributed by atoms with Gasteiger partial charge in [-0.3, -0.25) is 0 Å². The molecule has 0 amide bonds. The lowest BCUT2D eigenvalue weighted by Gasteiger charge is -2.06. The van der Waals surface area contributed by atoms with Gasteiger partial charge >= 0.3 is 6.18 Å². The first-order valence-electron chi connectivity index (χ1n) is 5.83. The molecule has 0 saturated carbocycles. The number of nitrogens with two attached hydrogens (primary N) is 1. The maximum Gasteiger partial charge on any atom is 0.416 e. The molecule has 0 bridgehead atoms. The molecular formula is C13H10F3N3S. The second-order valence-corrected chi connectivity index (χ2v) is 5.18. The highest BCUT2D eigenvalue weighted by molar-refractivity contribution is 7.13. The van der Waals surface area contributed by atoms with Crippen molar-refractivity contribution in [3.63, 3.8) is 0 Å². The predicted molar refractivity (Wildman–Crippen MR) is 71.4 cm³/mol. The molecule has 20 heavy (non-hydrogen) atoms. The van der Waals surface area contributed by atoms with Crippen LogP contribution in [0.4, 0.5) is 13.2 Å². The number of aromatic nitrogens is 2. The smallest absolute Gasteiger partial charge is 0.325 e. The van der Waals surface area contributed by atoms with Gasteiger partial charge in [-0.2, -0.15) is 13.2 Å². The monoisotopic (exact) mass is 297 g/mol. The maximum absolute atomic E-state index is 12.7. The number of fused-ring (bicyclic) bond motifs is 1. The van der Waals surface area contributed by atoms with Gasteiger partial charge in [0.25, 0.3) is 0 Å². The molecule has 0 unspecified atom stereocenters. The van der Waals surface area contributed by atoms with Crippen LogP contribution in [0.15, 0.2) is 35.8 Å². The van der Waals surface area contributed by atoms with E-state index in [1.54, 1.807) is 4.40 Å². The SMILES string of the molecule is NCc1c(-c2cccs2)nc2cc(C(F)(F)F)ccn12. The zero-order chi connectivity index (χ0) is 14.3. The number of imidazole rings is 1. The third-order valence-corrected chi connectivity index (χ3v) is 3.88. The van der Waals surface area contributed by atoms with Crippen molar-refractivity contribution < 1.29 is 13.2 Å². The molecule has 0 radical (unpaired) electrons. The predicted octanol–water partition coefficient (Wildman–Crippen LogP) is 3.54. The maximum atomic E-state index is 12.7. The number of hydrogen-bond donors (Lipinski definition) is 1. The van der Waals surface area contributed by atoms with E-state index in [0.29, 0.717) is 11.4 Å². The number of halogens is 3. The summed E-state index contributed by atoms with van der Waals surface area (Å²) in [5, 5.41) is 1.89. The minimum absolute atomic E-state index is 0.208. The average molecular weight is 297 g/mol. The number of hydrogen-bond acceptors (Lipinski definition) is 3. The van der Waals surface area contributed by atoms with E-state index < -0.39 is 11.7 Å². The molecule has 0 spiro atoms. The molecule has 3 nitrogen and oxygen atoms in total. The quantitative estimate of drug-likeness (QED) is 0.786. The third kappa shape index (κ3) is 2.08. The van der Waals surface area contributed by atoms with Crippen LogP contribution < -0.4 is 5.73 Å². The standard InChI is InChI=1S/C13H10F3N3S/c14-13(15,16)8-3-4-19-9(7-17)12(18-11(19)6-8)10-2-1-5-20-10/h1-6H,7,17H2. The summed E-state index contributed by atoms with van der Waals surface area (Å²) in [6.45, 7) is 0.208. The average Bonchev–Trinajstić information content (AvgIpc) is 3.03. The lowest BCUT2D eigenvalue weighted by atomic mass is 10.2. The fourth-order valence-corrected chi connectivity index (χ4v) is 2.81. The Morgan fingerprint density at radius 1 is 1.30 bits per heavy atom. The van der Waals surface area contributed by atoms with Gasteiger partial charge in [-0.1, -0.05) is 6.07 Å². The van der Waals surface area contributed by atoms with Crippen LogP contribution in [0.2, 0.25) is 0 Å². The van der Waals surface area contributed by atoms with Crippen molar-refractivity contribution in [1.29, 1.82) is 0 Å². The van der Waals surface area contributed by atoms with E-state index >= 15 is 0 Å². The summed E-state index contributed by atoms with van der Waals surface area (Å²) in [5.41, 5.74) is 6.60. The second-order valence-electron chi connectivity index (χ2n) is 4.23. The fourth-order valence-electron chi connectivity index (χ4n) is 2.08. The summed E-state index contributed by atoms with van der Waals surface area (Å²) in [6.07, 6.45) is -3.01. The van der Waals surface area contributed by atoms with Crippen molar-refractivity contribution in [3.8, 4) is 10.6 Å². The zero-order valence-corrected chi connectivity index (χ0v) is 11.0. The molecular weight excluding hydrogens is 287 g/mol. The summed E-state index contributed by atoms with van der Waals surface area (Å²) in [4.78, 5) is 5.18. The van der Waals surface area contributed by atoms with E-state index in [0.717, 1.165) is 17.0 Å². The Kier molecular flexibility index (Phi) is 3.02. The van der Waals surface area contributed by atoms with Crippen LogP contribution in [0.25, 0.3) is 16.2 Å². The zero-order valence-electron chi connectivity index (χ0n) is 10.2. The third-order valence-electron chi connectivity index (χ3n) is 3.00. The summed E-state index contributed by atoms with van der Waals surface area (Å²) < 4.78 is 39.8. The molecule has 0 atom stereocenters. The van der Waals surface area contributed by atoms with E-state index in [9.17, 15) is 13.2 Å². The van der Waals surface area contributed by atoms with Crippen molar-refractivity contribution in [2.24, 2.45) is 5.73 Å².